The Morgan fingerprint density at radius 1 is 1.03 bits per heavy atom. The molecule has 2 heterocycles. The quantitative estimate of drug-likeness (QED) is 0.655. The SMILES string of the molecule is COc1ccc2c(c1)C(=O)CC1(CCN(C(=O)CCC(=O)c3ccc(C)c(C)c3)CC1)O2. The summed E-state index contributed by atoms with van der Waals surface area (Å²) in [5.74, 6) is 1.23. The molecular formula is C26H29NO5. The molecule has 0 saturated carbocycles. The van der Waals surface area contributed by atoms with Crippen molar-refractivity contribution in [3.8, 4) is 11.5 Å². The fourth-order valence-electron chi connectivity index (χ4n) is 4.48. The number of methoxy groups -OCH3 is 1. The fourth-order valence-corrected chi connectivity index (χ4v) is 4.48. The number of rotatable bonds is 5. The lowest BCUT2D eigenvalue weighted by Gasteiger charge is -2.44. The summed E-state index contributed by atoms with van der Waals surface area (Å²) >= 11 is 0. The third-order valence-corrected chi connectivity index (χ3v) is 6.72. The molecule has 6 nitrogen and oxygen atoms in total. The van der Waals surface area contributed by atoms with Crippen molar-refractivity contribution in [1.82, 2.24) is 4.90 Å². The van der Waals surface area contributed by atoms with Crippen molar-refractivity contribution in [1.29, 1.82) is 0 Å². The third kappa shape index (κ3) is 4.40. The smallest absolute Gasteiger partial charge is 0.223 e. The number of ether oxygens (including phenoxy) is 2. The summed E-state index contributed by atoms with van der Waals surface area (Å²) in [7, 11) is 1.57. The second kappa shape index (κ2) is 8.77. The molecule has 0 unspecified atom stereocenters. The Bertz CT molecular complexity index is 1070. The number of benzene rings is 2. The third-order valence-electron chi connectivity index (χ3n) is 6.72. The summed E-state index contributed by atoms with van der Waals surface area (Å²) in [5, 5.41) is 0. The van der Waals surface area contributed by atoms with E-state index < -0.39 is 5.60 Å². The van der Waals surface area contributed by atoms with E-state index in [2.05, 4.69) is 0 Å². The molecule has 0 aromatic heterocycles. The van der Waals surface area contributed by atoms with Gasteiger partial charge in [-0.1, -0.05) is 12.1 Å². The largest absolute Gasteiger partial charge is 0.497 e. The highest BCUT2D eigenvalue weighted by atomic mass is 16.5. The summed E-state index contributed by atoms with van der Waals surface area (Å²) < 4.78 is 11.5. The van der Waals surface area contributed by atoms with E-state index in [-0.39, 0.29) is 30.3 Å². The molecule has 2 aliphatic heterocycles. The maximum Gasteiger partial charge on any atom is 0.223 e. The predicted molar refractivity (Wildman–Crippen MR) is 121 cm³/mol. The molecule has 0 bridgehead atoms. The van der Waals surface area contributed by atoms with Gasteiger partial charge in [0.15, 0.2) is 11.6 Å². The van der Waals surface area contributed by atoms with Crippen molar-refractivity contribution in [2.45, 2.75) is 51.6 Å². The minimum absolute atomic E-state index is 0.0109. The Labute approximate surface area is 188 Å². The van der Waals surface area contributed by atoms with Crippen LogP contribution in [0.3, 0.4) is 0 Å². The second-order valence-electron chi connectivity index (χ2n) is 8.85. The van der Waals surface area contributed by atoms with Gasteiger partial charge in [0.05, 0.1) is 19.1 Å². The first-order valence-corrected chi connectivity index (χ1v) is 11.1. The number of nitrogens with zero attached hydrogens (tertiary/aromatic N) is 1. The van der Waals surface area contributed by atoms with Crippen LogP contribution in [0.4, 0.5) is 0 Å². The minimum atomic E-state index is -0.565. The lowest BCUT2D eigenvalue weighted by molar-refractivity contribution is -0.134. The number of aryl methyl sites for hydroxylation is 2. The molecule has 1 spiro atoms. The van der Waals surface area contributed by atoms with Crippen LogP contribution >= 0.6 is 0 Å². The van der Waals surface area contributed by atoms with Gasteiger partial charge in [0.1, 0.15) is 17.1 Å². The number of hydrogen-bond donors (Lipinski definition) is 0. The molecule has 168 valence electrons. The summed E-state index contributed by atoms with van der Waals surface area (Å²) in [4.78, 5) is 39.7. The summed E-state index contributed by atoms with van der Waals surface area (Å²) in [6, 6.07) is 10.9. The highest BCUT2D eigenvalue weighted by molar-refractivity contribution is 6.01. The Hall–Kier alpha value is -3.15. The van der Waals surface area contributed by atoms with Gasteiger partial charge in [-0.2, -0.15) is 0 Å². The van der Waals surface area contributed by atoms with Gasteiger partial charge in [0.25, 0.3) is 0 Å². The van der Waals surface area contributed by atoms with E-state index in [1.54, 1.807) is 30.2 Å². The molecule has 32 heavy (non-hydrogen) atoms. The van der Waals surface area contributed by atoms with Crippen molar-refractivity contribution in [2.24, 2.45) is 0 Å². The Kier molecular flexibility index (Phi) is 6.04. The zero-order valence-corrected chi connectivity index (χ0v) is 18.9. The van der Waals surface area contributed by atoms with Crippen LogP contribution in [0.1, 0.15) is 63.9 Å². The maximum absolute atomic E-state index is 12.7. The molecule has 2 aromatic carbocycles. The lowest BCUT2D eigenvalue weighted by atomic mass is 9.82. The van der Waals surface area contributed by atoms with Gasteiger partial charge >= 0.3 is 0 Å². The van der Waals surface area contributed by atoms with Crippen molar-refractivity contribution in [3.63, 3.8) is 0 Å². The zero-order chi connectivity index (χ0) is 22.9. The van der Waals surface area contributed by atoms with Crippen LogP contribution in [-0.2, 0) is 4.79 Å². The van der Waals surface area contributed by atoms with E-state index in [0.29, 0.717) is 55.0 Å². The van der Waals surface area contributed by atoms with Gasteiger partial charge in [-0.15, -0.1) is 0 Å². The normalized spacial score (nSPS) is 17.0. The van der Waals surface area contributed by atoms with Gasteiger partial charge in [-0.05, 0) is 49.2 Å². The van der Waals surface area contributed by atoms with Crippen LogP contribution in [0.2, 0.25) is 0 Å². The molecule has 0 aliphatic carbocycles. The van der Waals surface area contributed by atoms with Crippen molar-refractivity contribution < 1.29 is 23.9 Å². The van der Waals surface area contributed by atoms with E-state index in [0.717, 1.165) is 11.1 Å². The van der Waals surface area contributed by atoms with Crippen LogP contribution in [-0.4, -0.2) is 48.2 Å². The lowest BCUT2D eigenvalue weighted by Crippen LogP contribution is -2.52. The fraction of sp³-hybridized carbons (Fsp3) is 0.423. The van der Waals surface area contributed by atoms with Crippen LogP contribution in [0, 0.1) is 13.8 Å². The van der Waals surface area contributed by atoms with Crippen LogP contribution < -0.4 is 9.47 Å². The number of hydrogen-bond acceptors (Lipinski definition) is 5. The van der Waals surface area contributed by atoms with Gasteiger partial charge in [-0.25, -0.2) is 0 Å². The highest BCUT2D eigenvalue weighted by Gasteiger charge is 2.43. The molecule has 1 amide bonds. The molecule has 2 aliphatic rings. The number of amides is 1. The maximum atomic E-state index is 12.7. The van der Waals surface area contributed by atoms with E-state index >= 15 is 0 Å². The van der Waals surface area contributed by atoms with E-state index in [1.807, 2.05) is 32.0 Å². The van der Waals surface area contributed by atoms with Crippen LogP contribution in [0.5, 0.6) is 11.5 Å². The van der Waals surface area contributed by atoms with Gasteiger partial charge in [-0.3, -0.25) is 14.4 Å². The first-order valence-electron chi connectivity index (χ1n) is 11.1. The number of ketones is 2. The zero-order valence-electron chi connectivity index (χ0n) is 18.9. The summed E-state index contributed by atoms with van der Waals surface area (Å²) in [6.45, 7) is 5.04. The molecule has 0 N–H and O–H groups in total. The number of fused-ring (bicyclic) bond motifs is 1. The Balaban J connectivity index is 1.33. The summed E-state index contributed by atoms with van der Waals surface area (Å²) in [6.07, 6.45) is 1.90. The number of carbonyl (C=O) groups is 3. The number of carbonyl (C=O) groups excluding carboxylic acids is 3. The molecule has 4 rings (SSSR count). The van der Waals surface area contributed by atoms with Gasteiger partial charge < -0.3 is 14.4 Å². The molecule has 0 radical (unpaired) electrons. The average Bonchev–Trinajstić information content (AvgIpc) is 2.79. The Morgan fingerprint density at radius 3 is 2.47 bits per heavy atom. The molecule has 1 fully saturated rings. The van der Waals surface area contributed by atoms with Crippen molar-refractivity contribution in [3.05, 3.63) is 58.7 Å². The predicted octanol–water partition coefficient (Wildman–Crippen LogP) is 4.30. The van der Waals surface area contributed by atoms with E-state index in [9.17, 15) is 14.4 Å². The first-order chi connectivity index (χ1) is 15.3. The van der Waals surface area contributed by atoms with Crippen molar-refractivity contribution in [2.75, 3.05) is 20.2 Å². The number of Topliss-reactive ketones (excluding diaryl/α,β-unsaturated/α-hetero) is 2. The van der Waals surface area contributed by atoms with E-state index in [1.165, 1.54) is 0 Å². The van der Waals surface area contributed by atoms with Gasteiger partial charge in [0, 0.05) is 44.3 Å². The molecule has 1 saturated heterocycles. The van der Waals surface area contributed by atoms with Crippen molar-refractivity contribution >= 4 is 17.5 Å². The molecule has 0 atom stereocenters. The molecule has 2 aromatic rings. The van der Waals surface area contributed by atoms with E-state index in [4.69, 9.17) is 9.47 Å². The van der Waals surface area contributed by atoms with Crippen LogP contribution in [0.15, 0.2) is 36.4 Å². The molecule has 6 heteroatoms. The number of likely N-dealkylation sites (tertiary alicyclic amines) is 1. The summed E-state index contributed by atoms with van der Waals surface area (Å²) in [5.41, 5.74) is 2.86. The minimum Gasteiger partial charge on any atom is -0.497 e. The monoisotopic (exact) mass is 435 g/mol. The van der Waals surface area contributed by atoms with Gasteiger partial charge in [0.2, 0.25) is 5.91 Å². The van der Waals surface area contributed by atoms with Crippen LogP contribution in [0.25, 0.3) is 0 Å². The highest BCUT2D eigenvalue weighted by Crippen LogP contribution is 2.40. The topological polar surface area (TPSA) is 72.9 Å². The standard InChI is InChI=1S/C26H29NO5/c1-17-4-5-19(14-18(17)2)22(28)7-9-25(30)27-12-10-26(11-13-27)16-23(29)21-15-20(31-3)6-8-24(21)32-26/h4-6,8,14-15H,7,9-13,16H2,1-3H3. The second-order valence-corrected chi connectivity index (χ2v) is 8.85. The Morgan fingerprint density at radius 2 is 1.78 bits per heavy atom. The average molecular weight is 436 g/mol. The molecular weight excluding hydrogens is 406 g/mol. The number of piperidine rings is 1. The first kappa shape index (κ1) is 22.1.